The molecule has 0 saturated carbocycles. The van der Waals surface area contributed by atoms with Gasteiger partial charge in [0.15, 0.2) is 11.8 Å². The van der Waals surface area contributed by atoms with E-state index in [1.807, 2.05) is 20.8 Å². The minimum Gasteiger partial charge on any atom is -0.494 e. The Morgan fingerprint density at radius 3 is 2.83 bits per heavy atom. The maximum absolute atomic E-state index is 5.89. The number of aromatic nitrogens is 2. The zero-order valence-electron chi connectivity index (χ0n) is 17.4. The second-order valence-electron chi connectivity index (χ2n) is 6.74. The highest BCUT2D eigenvalue weighted by atomic mass is 127. The number of hydrogen-bond acceptors (Lipinski definition) is 6. The van der Waals surface area contributed by atoms with Crippen LogP contribution >= 0.6 is 24.0 Å². The first kappa shape index (κ1) is 23.2. The van der Waals surface area contributed by atoms with Gasteiger partial charge in [0.05, 0.1) is 13.2 Å². The number of halogens is 1. The third-order valence-corrected chi connectivity index (χ3v) is 4.33. The fourth-order valence-corrected chi connectivity index (χ4v) is 3.13. The van der Waals surface area contributed by atoms with Gasteiger partial charge in [-0.05, 0) is 39.8 Å². The average Bonchev–Trinajstić information content (AvgIpc) is 3.23. The first-order valence-electron chi connectivity index (χ1n) is 9.85. The van der Waals surface area contributed by atoms with Gasteiger partial charge in [-0.2, -0.15) is 4.98 Å². The molecule has 3 rings (SSSR count). The second kappa shape index (κ2) is 11.2. The summed E-state index contributed by atoms with van der Waals surface area (Å²) in [6.45, 7) is 10.5. The van der Waals surface area contributed by atoms with Crippen LogP contribution in [-0.4, -0.2) is 41.9 Å². The van der Waals surface area contributed by atoms with Gasteiger partial charge in [0.2, 0.25) is 5.89 Å². The van der Waals surface area contributed by atoms with Crippen molar-refractivity contribution in [3.63, 3.8) is 0 Å². The van der Waals surface area contributed by atoms with Crippen molar-refractivity contribution in [2.24, 2.45) is 4.99 Å². The average molecular weight is 515 g/mol. The maximum atomic E-state index is 5.89. The highest BCUT2D eigenvalue weighted by Crippen LogP contribution is 2.35. The van der Waals surface area contributed by atoms with Gasteiger partial charge >= 0.3 is 0 Å². The number of guanidine groups is 1. The topological polar surface area (TPSA) is 93.8 Å². The Balaban J connectivity index is 0.00000300. The molecule has 2 N–H and O–H groups in total. The summed E-state index contributed by atoms with van der Waals surface area (Å²) < 4.78 is 16.9. The van der Waals surface area contributed by atoms with Gasteiger partial charge in [-0.25, -0.2) is 4.99 Å². The largest absolute Gasteiger partial charge is 0.494 e. The molecule has 9 heteroatoms. The molecule has 2 aromatic rings. The summed E-state index contributed by atoms with van der Waals surface area (Å²) in [5, 5.41) is 10.4. The van der Waals surface area contributed by atoms with Crippen LogP contribution in [0, 0.1) is 6.92 Å². The molecule has 0 spiro atoms. The first-order chi connectivity index (χ1) is 13.6. The number of benzene rings is 1. The van der Waals surface area contributed by atoms with Crippen LogP contribution in [-0.2, 0) is 19.4 Å². The summed E-state index contributed by atoms with van der Waals surface area (Å²) in [5.74, 6) is 3.80. The van der Waals surface area contributed by atoms with Gasteiger partial charge in [0.1, 0.15) is 17.6 Å². The van der Waals surface area contributed by atoms with Crippen LogP contribution in [0.4, 0.5) is 0 Å². The van der Waals surface area contributed by atoms with Crippen LogP contribution in [0.2, 0.25) is 0 Å². The summed E-state index contributed by atoms with van der Waals surface area (Å²) in [5.41, 5.74) is 2.21. The molecule has 8 nitrogen and oxygen atoms in total. The lowest BCUT2D eigenvalue weighted by molar-refractivity contribution is 0.254. The highest BCUT2D eigenvalue weighted by molar-refractivity contribution is 14.0. The van der Waals surface area contributed by atoms with Gasteiger partial charge in [0.25, 0.3) is 0 Å². The molecule has 1 unspecified atom stereocenters. The van der Waals surface area contributed by atoms with Gasteiger partial charge in [0, 0.05) is 37.1 Å². The lowest BCUT2D eigenvalue weighted by Gasteiger charge is -2.13. The van der Waals surface area contributed by atoms with Gasteiger partial charge in [-0.1, -0.05) is 5.16 Å². The van der Waals surface area contributed by atoms with Crippen molar-refractivity contribution in [1.82, 2.24) is 20.8 Å². The maximum Gasteiger partial charge on any atom is 0.228 e. The standard InChI is InChI=1S/C20H29N5O3.HI/c1-5-21-20(22-8-7-19-24-14(4)25-28-19)23-12-16-11-18-15(9-13(3)27-18)10-17(16)26-6-2;/h10-11,13H,5-9,12H2,1-4H3,(H2,21,22,23);1H. The van der Waals surface area contributed by atoms with E-state index in [-0.39, 0.29) is 30.1 Å². The van der Waals surface area contributed by atoms with Crippen LogP contribution in [0.15, 0.2) is 21.6 Å². The van der Waals surface area contributed by atoms with Crippen molar-refractivity contribution >= 4 is 29.9 Å². The molecule has 1 atom stereocenters. The molecule has 0 amide bonds. The minimum absolute atomic E-state index is 0. The van der Waals surface area contributed by atoms with Crippen LogP contribution in [0.25, 0.3) is 0 Å². The molecular weight excluding hydrogens is 485 g/mol. The van der Waals surface area contributed by atoms with Gasteiger partial charge in [-0.15, -0.1) is 24.0 Å². The van der Waals surface area contributed by atoms with Crippen molar-refractivity contribution in [2.75, 3.05) is 19.7 Å². The fourth-order valence-electron chi connectivity index (χ4n) is 3.13. The second-order valence-corrected chi connectivity index (χ2v) is 6.74. The quantitative estimate of drug-likeness (QED) is 0.317. The zero-order chi connectivity index (χ0) is 19.9. The Bertz CT molecular complexity index is 824. The summed E-state index contributed by atoms with van der Waals surface area (Å²) in [6.07, 6.45) is 1.76. The molecule has 1 aliphatic rings. The molecule has 29 heavy (non-hydrogen) atoms. The van der Waals surface area contributed by atoms with E-state index in [9.17, 15) is 0 Å². The van der Waals surface area contributed by atoms with Crippen molar-refractivity contribution in [3.05, 3.63) is 35.0 Å². The molecule has 160 valence electrons. The number of nitrogens with one attached hydrogen (secondary N) is 2. The summed E-state index contributed by atoms with van der Waals surface area (Å²) in [7, 11) is 0. The zero-order valence-corrected chi connectivity index (χ0v) is 19.8. The number of hydrogen-bond donors (Lipinski definition) is 2. The van der Waals surface area contributed by atoms with Gasteiger partial charge < -0.3 is 24.6 Å². The van der Waals surface area contributed by atoms with Crippen LogP contribution in [0.1, 0.15) is 43.6 Å². The molecule has 2 heterocycles. The molecule has 1 aromatic carbocycles. The molecule has 0 aliphatic carbocycles. The first-order valence-corrected chi connectivity index (χ1v) is 9.85. The number of rotatable bonds is 8. The summed E-state index contributed by atoms with van der Waals surface area (Å²) in [6, 6.07) is 4.14. The minimum atomic E-state index is 0. The molecule has 0 bridgehead atoms. The SMILES string of the molecule is CCNC(=NCc1cc2c(cc1OCC)CC(C)O2)NCCc1nc(C)no1.I. The third kappa shape index (κ3) is 6.48. The van der Waals surface area contributed by atoms with E-state index in [4.69, 9.17) is 19.0 Å². The number of ether oxygens (including phenoxy) is 2. The number of aliphatic imine (C=N–C) groups is 1. The smallest absolute Gasteiger partial charge is 0.228 e. The number of aryl methyl sites for hydroxylation is 1. The van der Waals surface area contributed by atoms with Crippen molar-refractivity contribution in [2.45, 2.75) is 53.2 Å². The lowest BCUT2D eigenvalue weighted by atomic mass is 10.1. The Hall–Kier alpha value is -2.04. The predicted molar refractivity (Wildman–Crippen MR) is 122 cm³/mol. The molecular formula is C20H30IN5O3. The summed E-state index contributed by atoms with van der Waals surface area (Å²) in [4.78, 5) is 8.91. The molecule has 1 aliphatic heterocycles. The normalized spacial score (nSPS) is 15.3. The van der Waals surface area contributed by atoms with E-state index in [0.29, 0.717) is 37.8 Å². The Kier molecular flexibility index (Phi) is 8.99. The molecule has 0 fully saturated rings. The monoisotopic (exact) mass is 515 g/mol. The Labute approximate surface area is 188 Å². The van der Waals surface area contributed by atoms with E-state index in [1.165, 1.54) is 5.56 Å². The van der Waals surface area contributed by atoms with Crippen molar-refractivity contribution < 1.29 is 14.0 Å². The molecule has 0 saturated heterocycles. The number of fused-ring (bicyclic) bond motifs is 1. The summed E-state index contributed by atoms with van der Waals surface area (Å²) >= 11 is 0. The van der Waals surface area contributed by atoms with Crippen molar-refractivity contribution in [1.29, 1.82) is 0 Å². The molecule has 0 radical (unpaired) electrons. The van der Waals surface area contributed by atoms with Crippen molar-refractivity contribution in [3.8, 4) is 11.5 Å². The lowest BCUT2D eigenvalue weighted by Crippen LogP contribution is -2.38. The van der Waals surface area contributed by atoms with Crippen LogP contribution in [0.5, 0.6) is 11.5 Å². The van der Waals surface area contributed by atoms with Gasteiger partial charge in [-0.3, -0.25) is 0 Å². The number of nitrogens with zero attached hydrogens (tertiary/aromatic N) is 3. The van der Waals surface area contributed by atoms with Crippen LogP contribution in [0.3, 0.4) is 0 Å². The Morgan fingerprint density at radius 2 is 2.14 bits per heavy atom. The third-order valence-electron chi connectivity index (χ3n) is 4.33. The Morgan fingerprint density at radius 1 is 1.31 bits per heavy atom. The van der Waals surface area contributed by atoms with Crippen LogP contribution < -0.4 is 20.1 Å². The predicted octanol–water partition coefficient (Wildman–Crippen LogP) is 3.02. The van der Waals surface area contributed by atoms with E-state index < -0.39 is 0 Å². The molecule has 1 aromatic heterocycles. The van der Waals surface area contributed by atoms with E-state index in [2.05, 4.69) is 39.8 Å². The van der Waals surface area contributed by atoms with E-state index in [0.717, 1.165) is 36.0 Å². The fraction of sp³-hybridized carbons (Fsp3) is 0.550. The van der Waals surface area contributed by atoms with E-state index >= 15 is 0 Å². The highest BCUT2D eigenvalue weighted by Gasteiger charge is 2.21. The van der Waals surface area contributed by atoms with E-state index in [1.54, 1.807) is 0 Å².